The topological polar surface area (TPSA) is 103 Å². The number of carboxylic acid groups (broad SMARTS) is 1. The molecule has 8 heteroatoms. The highest BCUT2D eigenvalue weighted by Crippen LogP contribution is 2.14. The third kappa shape index (κ3) is 3.31. The van der Waals surface area contributed by atoms with E-state index in [1.54, 1.807) is 42.9 Å². The number of aromatic nitrogens is 5. The molecule has 23 heavy (non-hydrogen) atoms. The zero-order valence-corrected chi connectivity index (χ0v) is 12.0. The Bertz CT molecular complexity index is 885. The monoisotopic (exact) mass is 311 g/mol. The molecule has 3 heterocycles. The standard InChI is InChI=1S/C15H13N5O3/c21-13-3-1-2-8-19(13)9-12-17-15(11-4-6-16-7-5-11)18-20(12)10-14(22)23/h1-8H,9-10H2,(H,22,23). The minimum atomic E-state index is -1.03. The molecule has 0 atom stereocenters. The first-order chi connectivity index (χ1) is 11.1. The van der Waals surface area contributed by atoms with Gasteiger partial charge in [-0.2, -0.15) is 5.10 Å². The molecule has 3 aromatic heterocycles. The molecule has 0 fully saturated rings. The fourth-order valence-corrected chi connectivity index (χ4v) is 2.11. The lowest BCUT2D eigenvalue weighted by atomic mass is 10.2. The van der Waals surface area contributed by atoms with E-state index < -0.39 is 5.97 Å². The van der Waals surface area contributed by atoms with Gasteiger partial charge in [0.15, 0.2) is 5.82 Å². The van der Waals surface area contributed by atoms with Crippen molar-refractivity contribution in [3.05, 3.63) is 65.1 Å². The summed E-state index contributed by atoms with van der Waals surface area (Å²) in [5, 5.41) is 13.3. The molecule has 116 valence electrons. The Morgan fingerprint density at radius 3 is 2.65 bits per heavy atom. The second kappa shape index (κ2) is 6.22. The fraction of sp³-hybridized carbons (Fsp3) is 0.133. The maximum absolute atomic E-state index is 11.8. The summed E-state index contributed by atoms with van der Waals surface area (Å²) in [5.74, 6) is -0.238. The van der Waals surface area contributed by atoms with Crippen molar-refractivity contribution in [3.63, 3.8) is 0 Å². The average Bonchev–Trinajstić information content (AvgIpc) is 2.92. The summed E-state index contributed by atoms with van der Waals surface area (Å²) in [5.41, 5.74) is 0.536. The van der Waals surface area contributed by atoms with Gasteiger partial charge in [-0.05, 0) is 18.2 Å². The van der Waals surface area contributed by atoms with Crippen LogP contribution in [0.25, 0.3) is 11.4 Å². The van der Waals surface area contributed by atoms with Crippen molar-refractivity contribution >= 4 is 5.97 Å². The average molecular weight is 311 g/mol. The van der Waals surface area contributed by atoms with Gasteiger partial charge in [-0.1, -0.05) is 6.07 Å². The van der Waals surface area contributed by atoms with Gasteiger partial charge in [0.1, 0.15) is 12.4 Å². The molecule has 0 unspecified atom stereocenters. The molecule has 1 N–H and O–H groups in total. The predicted octanol–water partition coefficient (Wildman–Crippen LogP) is 0.635. The van der Waals surface area contributed by atoms with E-state index in [0.29, 0.717) is 11.6 Å². The van der Waals surface area contributed by atoms with Crippen LogP contribution in [-0.4, -0.2) is 35.4 Å². The Morgan fingerprint density at radius 2 is 1.96 bits per heavy atom. The fourth-order valence-electron chi connectivity index (χ4n) is 2.11. The Morgan fingerprint density at radius 1 is 1.17 bits per heavy atom. The molecular weight excluding hydrogens is 298 g/mol. The summed E-state index contributed by atoms with van der Waals surface area (Å²) < 4.78 is 2.73. The van der Waals surface area contributed by atoms with Crippen LogP contribution in [0.4, 0.5) is 0 Å². The summed E-state index contributed by atoms with van der Waals surface area (Å²) in [6, 6.07) is 8.27. The quantitative estimate of drug-likeness (QED) is 0.741. The number of carboxylic acids is 1. The third-order valence-corrected chi connectivity index (χ3v) is 3.18. The molecule has 3 aromatic rings. The Balaban J connectivity index is 2.01. The molecule has 0 radical (unpaired) electrons. The summed E-state index contributed by atoms with van der Waals surface area (Å²) in [7, 11) is 0. The second-order valence-corrected chi connectivity index (χ2v) is 4.81. The zero-order chi connectivity index (χ0) is 16.2. The van der Waals surface area contributed by atoms with Crippen LogP contribution in [0.3, 0.4) is 0 Å². The van der Waals surface area contributed by atoms with Crippen molar-refractivity contribution in [1.29, 1.82) is 0 Å². The van der Waals surface area contributed by atoms with E-state index in [2.05, 4.69) is 15.1 Å². The van der Waals surface area contributed by atoms with E-state index in [-0.39, 0.29) is 18.6 Å². The minimum absolute atomic E-state index is 0.144. The van der Waals surface area contributed by atoms with Gasteiger partial charge in [0.05, 0.1) is 6.54 Å². The summed E-state index contributed by atoms with van der Waals surface area (Å²) in [6.45, 7) is -0.181. The van der Waals surface area contributed by atoms with E-state index in [1.165, 1.54) is 15.3 Å². The second-order valence-electron chi connectivity index (χ2n) is 4.81. The van der Waals surface area contributed by atoms with Crippen molar-refractivity contribution in [2.45, 2.75) is 13.1 Å². The number of nitrogens with zero attached hydrogens (tertiary/aromatic N) is 5. The first-order valence-electron chi connectivity index (χ1n) is 6.85. The van der Waals surface area contributed by atoms with E-state index in [9.17, 15) is 9.59 Å². The molecule has 3 rings (SSSR count). The van der Waals surface area contributed by atoms with Crippen molar-refractivity contribution in [2.75, 3.05) is 0 Å². The first-order valence-corrected chi connectivity index (χ1v) is 6.85. The van der Waals surface area contributed by atoms with E-state index in [1.807, 2.05) is 0 Å². The van der Waals surface area contributed by atoms with Crippen LogP contribution in [0.15, 0.2) is 53.7 Å². The summed E-state index contributed by atoms with van der Waals surface area (Å²) >= 11 is 0. The maximum atomic E-state index is 11.8. The largest absolute Gasteiger partial charge is 0.480 e. The van der Waals surface area contributed by atoms with Crippen LogP contribution in [0, 0.1) is 0 Å². The van der Waals surface area contributed by atoms with Gasteiger partial charge in [0, 0.05) is 30.2 Å². The Hall–Kier alpha value is -3.29. The number of pyridine rings is 2. The van der Waals surface area contributed by atoms with Crippen molar-refractivity contribution in [3.8, 4) is 11.4 Å². The molecule has 0 aromatic carbocycles. The number of aliphatic carboxylic acids is 1. The molecule has 0 amide bonds. The molecule has 0 saturated carbocycles. The van der Waals surface area contributed by atoms with Crippen LogP contribution in [0.1, 0.15) is 5.82 Å². The minimum Gasteiger partial charge on any atom is -0.480 e. The van der Waals surface area contributed by atoms with E-state index in [4.69, 9.17) is 5.11 Å². The van der Waals surface area contributed by atoms with Crippen LogP contribution in [0.5, 0.6) is 0 Å². The molecule has 0 aliphatic carbocycles. The number of hydrogen-bond acceptors (Lipinski definition) is 5. The molecule has 0 saturated heterocycles. The molecule has 0 spiro atoms. The van der Waals surface area contributed by atoms with Gasteiger partial charge >= 0.3 is 5.97 Å². The zero-order valence-electron chi connectivity index (χ0n) is 12.0. The highest BCUT2D eigenvalue weighted by molar-refractivity contribution is 5.66. The van der Waals surface area contributed by atoms with Crippen LogP contribution >= 0.6 is 0 Å². The van der Waals surface area contributed by atoms with Gasteiger partial charge in [0.25, 0.3) is 5.56 Å². The van der Waals surface area contributed by atoms with Crippen molar-refractivity contribution in [2.24, 2.45) is 0 Å². The molecule has 0 aliphatic heterocycles. The highest BCUT2D eigenvalue weighted by Gasteiger charge is 2.14. The van der Waals surface area contributed by atoms with Crippen molar-refractivity contribution < 1.29 is 9.90 Å². The highest BCUT2D eigenvalue weighted by atomic mass is 16.4. The maximum Gasteiger partial charge on any atom is 0.325 e. The molecule has 0 aliphatic rings. The molecule has 8 nitrogen and oxygen atoms in total. The summed E-state index contributed by atoms with van der Waals surface area (Å²) in [4.78, 5) is 31.1. The SMILES string of the molecule is O=C(O)Cn1nc(-c2ccncc2)nc1Cn1ccccc1=O. The van der Waals surface area contributed by atoms with E-state index in [0.717, 1.165) is 5.56 Å². The first kappa shape index (κ1) is 14.6. The number of rotatable bonds is 5. The van der Waals surface area contributed by atoms with Crippen LogP contribution in [0.2, 0.25) is 0 Å². The van der Waals surface area contributed by atoms with Gasteiger partial charge < -0.3 is 9.67 Å². The normalized spacial score (nSPS) is 10.6. The van der Waals surface area contributed by atoms with E-state index >= 15 is 0 Å². The van der Waals surface area contributed by atoms with Gasteiger partial charge in [-0.3, -0.25) is 14.6 Å². The Kier molecular flexibility index (Phi) is 3.96. The van der Waals surface area contributed by atoms with Gasteiger partial charge in [-0.25, -0.2) is 9.67 Å². The number of carbonyl (C=O) groups is 1. The molecule has 0 bridgehead atoms. The van der Waals surface area contributed by atoms with Gasteiger partial charge in [-0.15, -0.1) is 0 Å². The van der Waals surface area contributed by atoms with Crippen LogP contribution < -0.4 is 5.56 Å². The lowest BCUT2D eigenvalue weighted by molar-refractivity contribution is -0.137. The molecular formula is C15H13N5O3. The third-order valence-electron chi connectivity index (χ3n) is 3.18. The Labute approximate surface area is 130 Å². The van der Waals surface area contributed by atoms with Gasteiger partial charge in [0.2, 0.25) is 0 Å². The number of hydrogen-bond donors (Lipinski definition) is 1. The predicted molar refractivity (Wildman–Crippen MR) is 80.7 cm³/mol. The smallest absolute Gasteiger partial charge is 0.325 e. The van der Waals surface area contributed by atoms with Crippen LogP contribution in [-0.2, 0) is 17.9 Å². The lowest BCUT2D eigenvalue weighted by Gasteiger charge is -2.05. The lowest BCUT2D eigenvalue weighted by Crippen LogP contribution is -2.22. The summed E-state index contributed by atoms with van der Waals surface area (Å²) in [6.07, 6.45) is 4.83. The van der Waals surface area contributed by atoms with Crippen molar-refractivity contribution in [1.82, 2.24) is 24.3 Å².